The summed E-state index contributed by atoms with van der Waals surface area (Å²) in [5.74, 6) is 0.940. The zero-order valence-electron chi connectivity index (χ0n) is 14.3. The first-order valence-corrected chi connectivity index (χ1v) is 8.50. The van der Waals surface area contributed by atoms with Crippen molar-refractivity contribution in [3.05, 3.63) is 29.8 Å². The number of rotatable bonds is 8. The van der Waals surface area contributed by atoms with Crippen molar-refractivity contribution in [2.75, 3.05) is 26.7 Å². The molecule has 0 bridgehead atoms. The molecule has 0 aromatic heterocycles. The number of methoxy groups -OCH3 is 1. The van der Waals surface area contributed by atoms with Gasteiger partial charge in [-0.15, -0.1) is 0 Å². The molecule has 1 saturated heterocycles. The molecular weight excluding hydrogens is 290 g/mol. The van der Waals surface area contributed by atoms with Crippen LogP contribution in [-0.2, 0) is 4.79 Å². The normalized spacial score (nSPS) is 17.7. The molecule has 2 rings (SSSR count). The van der Waals surface area contributed by atoms with Crippen LogP contribution in [0.3, 0.4) is 0 Å². The average Bonchev–Trinajstić information content (AvgIpc) is 3.08. The molecule has 0 spiro atoms. The Balaban J connectivity index is 1.98. The first kappa shape index (κ1) is 17.8. The Morgan fingerprint density at radius 2 is 1.96 bits per heavy atom. The molecule has 1 fully saturated rings. The minimum atomic E-state index is 0.0664. The maximum atomic E-state index is 12.0. The van der Waals surface area contributed by atoms with E-state index in [9.17, 15) is 4.79 Å². The van der Waals surface area contributed by atoms with Crippen LogP contribution in [0.25, 0.3) is 0 Å². The second kappa shape index (κ2) is 8.89. The van der Waals surface area contributed by atoms with Crippen molar-refractivity contribution in [3.63, 3.8) is 0 Å². The second-order valence-corrected chi connectivity index (χ2v) is 6.35. The van der Waals surface area contributed by atoms with Crippen molar-refractivity contribution in [2.24, 2.45) is 5.73 Å². The van der Waals surface area contributed by atoms with Crippen LogP contribution in [0.2, 0.25) is 0 Å². The van der Waals surface area contributed by atoms with Crippen molar-refractivity contribution in [3.8, 4) is 5.75 Å². The van der Waals surface area contributed by atoms with Crippen LogP contribution in [0.15, 0.2) is 24.3 Å². The van der Waals surface area contributed by atoms with Gasteiger partial charge in [0.05, 0.1) is 13.2 Å². The number of amides is 1. The molecule has 1 aromatic carbocycles. The zero-order valence-corrected chi connectivity index (χ0v) is 14.3. The quantitative estimate of drug-likeness (QED) is 0.770. The van der Waals surface area contributed by atoms with Crippen LogP contribution in [0.1, 0.15) is 44.2 Å². The summed E-state index contributed by atoms with van der Waals surface area (Å²) in [7, 11) is 1.67. The second-order valence-electron chi connectivity index (χ2n) is 6.35. The first-order valence-electron chi connectivity index (χ1n) is 8.50. The van der Waals surface area contributed by atoms with Gasteiger partial charge in [0.1, 0.15) is 5.75 Å². The number of hydrogen-bond donors (Lipinski definition) is 2. The van der Waals surface area contributed by atoms with Crippen molar-refractivity contribution >= 4 is 5.91 Å². The Kier molecular flexibility index (Phi) is 6.86. The third-order valence-electron chi connectivity index (χ3n) is 4.40. The standard InChI is InChI=1S/C18H29N3O2/c1-14(19)5-10-18(22)20-13-17(21-11-3-4-12-21)15-6-8-16(23-2)9-7-15/h6-9,14,17H,3-5,10-13,19H2,1-2H3,(H,20,22). The van der Waals surface area contributed by atoms with Gasteiger partial charge in [-0.25, -0.2) is 0 Å². The number of nitrogens with zero attached hydrogens (tertiary/aromatic N) is 1. The Bertz CT molecular complexity index is 482. The number of nitrogens with one attached hydrogen (secondary N) is 1. The Labute approximate surface area is 139 Å². The number of carbonyl (C=O) groups excluding carboxylic acids is 1. The number of hydrogen-bond acceptors (Lipinski definition) is 4. The molecule has 1 aromatic rings. The zero-order chi connectivity index (χ0) is 16.7. The number of nitrogens with two attached hydrogens (primary N) is 1. The minimum Gasteiger partial charge on any atom is -0.497 e. The molecule has 2 unspecified atom stereocenters. The molecule has 5 nitrogen and oxygen atoms in total. The lowest BCUT2D eigenvalue weighted by Crippen LogP contribution is -2.37. The third-order valence-corrected chi connectivity index (χ3v) is 4.40. The fourth-order valence-electron chi connectivity index (χ4n) is 2.99. The number of ether oxygens (including phenoxy) is 1. The molecule has 128 valence electrons. The van der Waals surface area contributed by atoms with Gasteiger partial charge >= 0.3 is 0 Å². The van der Waals surface area contributed by atoms with Gasteiger partial charge in [0.15, 0.2) is 0 Å². The molecule has 3 N–H and O–H groups in total. The van der Waals surface area contributed by atoms with Crippen LogP contribution in [0, 0.1) is 0 Å². The highest BCUT2D eigenvalue weighted by molar-refractivity contribution is 5.75. The molecule has 1 aliphatic rings. The van der Waals surface area contributed by atoms with E-state index in [0.717, 1.165) is 25.3 Å². The highest BCUT2D eigenvalue weighted by Crippen LogP contribution is 2.26. The summed E-state index contributed by atoms with van der Waals surface area (Å²) in [6.45, 7) is 4.75. The van der Waals surface area contributed by atoms with Crippen molar-refractivity contribution in [1.29, 1.82) is 0 Å². The Hall–Kier alpha value is -1.59. The van der Waals surface area contributed by atoms with Gasteiger partial charge in [-0.1, -0.05) is 12.1 Å². The van der Waals surface area contributed by atoms with Gasteiger partial charge in [-0.2, -0.15) is 0 Å². The minimum absolute atomic E-state index is 0.0664. The summed E-state index contributed by atoms with van der Waals surface area (Å²) in [6.07, 6.45) is 3.67. The largest absolute Gasteiger partial charge is 0.497 e. The lowest BCUT2D eigenvalue weighted by atomic mass is 10.0. The number of likely N-dealkylation sites (tertiary alicyclic amines) is 1. The maximum Gasteiger partial charge on any atom is 0.220 e. The highest BCUT2D eigenvalue weighted by atomic mass is 16.5. The highest BCUT2D eigenvalue weighted by Gasteiger charge is 2.24. The average molecular weight is 319 g/mol. The lowest BCUT2D eigenvalue weighted by molar-refractivity contribution is -0.121. The Morgan fingerprint density at radius 3 is 2.52 bits per heavy atom. The summed E-state index contributed by atoms with van der Waals surface area (Å²) < 4.78 is 5.23. The van der Waals surface area contributed by atoms with E-state index in [1.165, 1.54) is 18.4 Å². The van der Waals surface area contributed by atoms with Crippen LogP contribution in [0.4, 0.5) is 0 Å². The molecular formula is C18H29N3O2. The third kappa shape index (κ3) is 5.52. The van der Waals surface area contributed by atoms with Gasteiger partial charge in [-0.3, -0.25) is 9.69 Å². The van der Waals surface area contributed by atoms with Gasteiger partial charge < -0.3 is 15.8 Å². The maximum absolute atomic E-state index is 12.0. The predicted molar refractivity (Wildman–Crippen MR) is 92.4 cm³/mol. The lowest BCUT2D eigenvalue weighted by Gasteiger charge is -2.28. The number of carbonyl (C=O) groups is 1. The number of benzene rings is 1. The van der Waals surface area contributed by atoms with Gasteiger partial charge in [0.25, 0.3) is 0 Å². The topological polar surface area (TPSA) is 67.6 Å². The fourth-order valence-corrected chi connectivity index (χ4v) is 2.99. The SMILES string of the molecule is COc1ccc(C(CNC(=O)CCC(C)N)N2CCCC2)cc1. The predicted octanol–water partition coefficient (Wildman–Crippen LogP) is 2.08. The van der Waals surface area contributed by atoms with E-state index >= 15 is 0 Å². The van der Waals surface area contributed by atoms with E-state index in [1.807, 2.05) is 19.1 Å². The molecule has 1 amide bonds. The van der Waals surface area contributed by atoms with E-state index in [1.54, 1.807) is 7.11 Å². The van der Waals surface area contributed by atoms with Gasteiger partial charge in [0, 0.05) is 19.0 Å². The summed E-state index contributed by atoms with van der Waals surface area (Å²) in [6, 6.07) is 8.44. The first-order chi connectivity index (χ1) is 11.1. The summed E-state index contributed by atoms with van der Waals surface area (Å²) in [4.78, 5) is 14.4. The molecule has 0 radical (unpaired) electrons. The van der Waals surface area contributed by atoms with Crippen LogP contribution >= 0.6 is 0 Å². The van der Waals surface area contributed by atoms with Crippen LogP contribution < -0.4 is 15.8 Å². The van der Waals surface area contributed by atoms with Crippen LogP contribution in [-0.4, -0.2) is 43.6 Å². The summed E-state index contributed by atoms with van der Waals surface area (Å²) in [5.41, 5.74) is 6.94. The van der Waals surface area contributed by atoms with E-state index < -0.39 is 0 Å². The van der Waals surface area contributed by atoms with Crippen molar-refractivity contribution in [1.82, 2.24) is 10.2 Å². The van der Waals surface area contributed by atoms with E-state index in [2.05, 4.69) is 22.3 Å². The smallest absolute Gasteiger partial charge is 0.220 e. The van der Waals surface area contributed by atoms with Crippen LogP contribution in [0.5, 0.6) is 5.75 Å². The van der Waals surface area contributed by atoms with Crippen molar-refractivity contribution < 1.29 is 9.53 Å². The monoisotopic (exact) mass is 319 g/mol. The molecule has 23 heavy (non-hydrogen) atoms. The fraction of sp³-hybridized carbons (Fsp3) is 0.611. The van der Waals surface area contributed by atoms with E-state index in [-0.39, 0.29) is 18.0 Å². The van der Waals surface area contributed by atoms with E-state index in [4.69, 9.17) is 10.5 Å². The molecule has 2 atom stereocenters. The van der Waals surface area contributed by atoms with Crippen molar-refractivity contribution in [2.45, 2.75) is 44.7 Å². The molecule has 0 saturated carbocycles. The Morgan fingerprint density at radius 1 is 1.30 bits per heavy atom. The van der Waals surface area contributed by atoms with Gasteiger partial charge in [0.2, 0.25) is 5.91 Å². The van der Waals surface area contributed by atoms with E-state index in [0.29, 0.717) is 13.0 Å². The molecule has 1 heterocycles. The summed E-state index contributed by atoms with van der Waals surface area (Å²) >= 11 is 0. The molecule has 0 aliphatic carbocycles. The molecule has 1 aliphatic heterocycles. The summed E-state index contributed by atoms with van der Waals surface area (Å²) in [5, 5.41) is 3.07. The van der Waals surface area contributed by atoms with Gasteiger partial charge in [-0.05, 0) is 57.0 Å². The molecule has 5 heteroatoms.